The molecule has 20 heavy (non-hydrogen) atoms. The molecule has 1 aliphatic carbocycles. The van der Waals surface area contributed by atoms with Crippen LogP contribution >= 0.6 is 0 Å². The minimum absolute atomic E-state index is 0.275. The van der Waals surface area contributed by atoms with Crippen LogP contribution in [0.1, 0.15) is 51.1 Å². The van der Waals surface area contributed by atoms with Crippen molar-refractivity contribution in [2.75, 3.05) is 19.8 Å². The zero-order valence-electron chi connectivity index (χ0n) is 12.7. The lowest BCUT2D eigenvalue weighted by molar-refractivity contribution is 0.112. The van der Waals surface area contributed by atoms with E-state index in [0.29, 0.717) is 6.10 Å². The molecule has 0 heterocycles. The maximum absolute atomic E-state index is 5.79. The van der Waals surface area contributed by atoms with Crippen LogP contribution in [0.4, 0.5) is 0 Å². The van der Waals surface area contributed by atoms with Gasteiger partial charge in [0.15, 0.2) is 0 Å². The van der Waals surface area contributed by atoms with Crippen LogP contribution in [-0.4, -0.2) is 25.9 Å². The van der Waals surface area contributed by atoms with Gasteiger partial charge in [0.2, 0.25) is 0 Å². The number of hydrogen-bond donors (Lipinski definition) is 1. The maximum atomic E-state index is 5.79. The van der Waals surface area contributed by atoms with Crippen LogP contribution < -0.4 is 10.1 Å². The van der Waals surface area contributed by atoms with Crippen LogP contribution in [0.5, 0.6) is 5.75 Å². The van der Waals surface area contributed by atoms with E-state index in [1.54, 1.807) is 0 Å². The van der Waals surface area contributed by atoms with Gasteiger partial charge >= 0.3 is 0 Å². The van der Waals surface area contributed by atoms with Gasteiger partial charge in [0.1, 0.15) is 5.75 Å². The topological polar surface area (TPSA) is 30.5 Å². The Morgan fingerprint density at radius 1 is 1.15 bits per heavy atom. The molecular formula is C17H27NO2. The van der Waals surface area contributed by atoms with Crippen molar-refractivity contribution in [1.82, 2.24) is 5.32 Å². The van der Waals surface area contributed by atoms with E-state index in [2.05, 4.69) is 43.4 Å². The van der Waals surface area contributed by atoms with Gasteiger partial charge in [0, 0.05) is 6.61 Å². The summed E-state index contributed by atoms with van der Waals surface area (Å²) in [4.78, 5) is 0. The zero-order chi connectivity index (χ0) is 14.2. The third-order valence-corrected chi connectivity index (χ3v) is 3.38. The summed E-state index contributed by atoms with van der Waals surface area (Å²) in [6, 6.07) is 8.74. The summed E-state index contributed by atoms with van der Waals surface area (Å²) in [6.07, 6.45) is 5.06. The van der Waals surface area contributed by atoms with Gasteiger partial charge in [0.25, 0.3) is 0 Å². The highest BCUT2D eigenvalue weighted by Crippen LogP contribution is 2.27. The summed E-state index contributed by atoms with van der Waals surface area (Å²) >= 11 is 0. The summed E-state index contributed by atoms with van der Waals surface area (Å²) in [7, 11) is 0. The van der Waals surface area contributed by atoms with Crippen molar-refractivity contribution in [2.45, 2.75) is 51.7 Å². The average molecular weight is 277 g/mol. The van der Waals surface area contributed by atoms with Crippen molar-refractivity contribution in [1.29, 1.82) is 0 Å². The molecule has 0 amide bonds. The van der Waals surface area contributed by atoms with Crippen molar-refractivity contribution in [3.8, 4) is 5.75 Å². The van der Waals surface area contributed by atoms with E-state index in [0.717, 1.165) is 38.3 Å². The Morgan fingerprint density at radius 2 is 1.90 bits per heavy atom. The van der Waals surface area contributed by atoms with E-state index >= 15 is 0 Å². The van der Waals surface area contributed by atoms with E-state index < -0.39 is 0 Å². The smallest absolute Gasteiger partial charge is 0.119 e. The van der Waals surface area contributed by atoms with Crippen LogP contribution in [0.3, 0.4) is 0 Å². The lowest BCUT2D eigenvalue weighted by Gasteiger charge is -2.19. The molecule has 112 valence electrons. The Hall–Kier alpha value is -1.06. The van der Waals surface area contributed by atoms with Gasteiger partial charge in [-0.1, -0.05) is 26.0 Å². The first-order valence-corrected chi connectivity index (χ1v) is 7.91. The van der Waals surface area contributed by atoms with Crippen molar-refractivity contribution >= 4 is 0 Å². The second-order valence-electron chi connectivity index (χ2n) is 5.47. The minimum atomic E-state index is 0.275. The molecule has 0 bridgehead atoms. The van der Waals surface area contributed by atoms with Crippen molar-refractivity contribution < 1.29 is 9.47 Å². The fraction of sp³-hybridized carbons (Fsp3) is 0.647. The Morgan fingerprint density at radius 3 is 2.50 bits per heavy atom. The predicted octanol–water partition coefficient (Wildman–Crippen LogP) is 3.70. The zero-order valence-corrected chi connectivity index (χ0v) is 12.7. The number of hydrogen-bond acceptors (Lipinski definition) is 3. The SMILES string of the molecule is CCCNC(COCCC)c1ccc(OC2CC2)cc1. The molecule has 1 aromatic rings. The highest BCUT2D eigenvalue weighted by atomic mass is 16.5. The van der Waals surface area contributed by atoms with Gasteiger partial charge in [-0.2, -0.15) is 0 Å². The Bertz CT molecular complexity index is 373. The summed E-state index contributed by atoms with van der Waals surface area (Å²) < 4.78 is 11.5. The number of benzene rings is 1. The van der Waals surface area contributed by atoms with Crippen LogP contribution in [0.25, 0.3) is 0 Å². The first kappa shape index (κ1) is 15.3. The highest BCUT2D eigenvalue weighted by Gasteiger charge is 2.23. The summed E-state index contributed by atoms with van der Waals surface area (Å²) in [5, 5.41) is 3.55. The normalized spacial score (nSPS) is 16.1. The fourth-order valence-electron chi connectivity index (χ4n) is 2.09. The van der Waals surface area contributed by atoms with Gasteiger partial charge in [-0.15, -0.1) is 0 Å². The van der Waals surface area contributed by atoms with Crippen LogP contribution in [-0.2, 0) is 4.74 Å². The number of nitrogens with one attached hydrogen (secondary N) is 1. The quantitative estimate of drug-likeness (QED) is 0.662. The Labute approximate surface area is 122 Å². The van der Waals surface area contributed by atoms with E-state index in [-0.39, 0.29) is 6.04 Å². The van der Waals surface area contributed by atoms with Crippen LogP contribution in [0.15, 0.2) is 24.3 Å². The molecule has 1 N–H and O–H groups in total. The summed E-state index contributed by atoms with van der Waals surface area (Å²) in [5.41, 5.74) is 1.28. The van der Waals surface area contributed by atoms with Crippen molar-refractivity contribution in [3.05, 3.63) is 29.8 Å². The third-order valence-electron chi connectivity index (χ3n) is 3.38. The van der Waals surface area contributed by atoms with Gasteiger partial charge in [0.05, 0.1) is 18.8 Å². The predicted molar refractivity (Wildman–Crippen MR) is 82.2 cm³/mol. The molecule has 2 rings (SSSR count). The maximum Gasteiger partial charge on any atom is 0.119 e. The first-order chi connectivity index (χ1) is 9.83. The second-order valence-corrected chi connectivity index (χ2v) is 5.47. The van der Waals surface area contributed by atoms with E-state index in [9.17, 15) is 0 Å². The lowest BCUT2D eigenvalue weighted by Crippen LogP contribution is -2.26. The van der Waals surface area contributed by atoms with Gasteiger partial charge in [-0.3, -0.25) is 0 Å². The molecule has 0 radical (unpaired) electrons. The first-order valence-electron chi connectivity index (χ1n) is 7.91. The van der Waals surface area contributed by atoms with Gasteiger partial charge in [-0.05, 0) is 49.9 Å². The molecule has 0 spiro atoms. The molecule has 1 aromatic carbocycles. The molecule has 0 saturated heterocycles. The van der Waals surface area contributed by atoms with E-state index in [4.69, 9.17) is 9.47 Å². The van der Waals surface area contributed by atoms with Crippen LogP contribution in [0, 0.1) is 0 Å². The molecular weight excluding hydrogens is 250 g/mol. The summed E-state index contributed by atoms with van der Waals surface area (Å²) in [5.74, 6) is 0.986. The van der Waals surface area contributed by atoms with Crippen molar-refractivity contribution in [2.24, 2.45) is 0 Å². The molecule has 0 aromatic heterocycles. The molecule has 1 saturated carbocycles. The second kappa shape index (κ2) is 8.28. The number of ether oxygens (including phenoxy) is 2. The van der Waals surface area contributed by atoms with Gasteiger partial charge < -0.3 is 14.8 Å². The summed E-state index contributed by atoms with van der Waals surface area (Å²) in [6.45, 7) is 6.90. The highest BCUT2D eigenvalue weighted by molar-refractivity contribution is 5.29. The van der Waals surface area contributed by atoms with Crippen molar-refractivity contribution in [3.63, 3.8) is 0 Å². The molecule has 3 heteroatoms. The monoisotopic (exact) mass is 277 g/mol. The Kier molecular flexibility index (Phi) is 6.34. The standard InChI is InChI=1S/C17H27NO2/c1-3-11-18-17(13-19-12-4-2)14-5-7-15(8-6-14)20-16-9-10-16/h5-8,16-18H,3-4,9-13H2,1-2H3. The lowest BCUT2D eigenvalue weighted by atomic mass is 10.1. The largest absolute Gasteiger partial charge is 0.490 e. The van der Waals surface area contributed by atoms with E-state index in [1.807, 2.05) is 0 Å². The molecule has 1 fully saturated rings. The molecule has 3 nitrogen and oxygen atoms in total. The molecule has 1 aliphatic rings. The molecule has 1 unspecified atom stereocenters. The third kappa shape index (κ3) is 5.14. The molecule has 1 atom stereocenters. The van der Waals surface area contributed by atoms with Gasteiger partial charge in [-0.25, -0.2) is 0 Å². The number of rotatable bonds is 10. The molecule has 0 aliphatic heterocycles. The van der Waals surface area contributed by atoms with Crippen LogP contribution in [0.2, 0.25) is 0 Å². The fourth-order valence-corrected chi connectivity index (χ4v) is 2.09. The average Bonchev–Trinajstić information content (AvgIpc) is 3.28. The minimum Gasteiger partial charge on any atom is -0.490 e. The Balaban J connectivity index is 1.90. The van der Waals surface area contributed by atoms with E-state index in [1.165, 1.54) is 18.4 Å².